The smallest absolute Gasteiger partial charge is 0.416 e. The maximum Gasteiger partial charge on any atom is 0.416 e. The van der Waals surface area contributed by atoms with E-state index in [1.807, 2.05) is 0 Å². The first-order valence-electron chi connectivity index (χ1n) is 10.1. The van der Waals surface area contributed by atoms with Crippen molar-refractivity contribution in [1.82, 2.24) is 5.32 Å². The first kappa shape index (κ1) is 23.4. The molecule has 6 nitrogen and oxygen atoms in total. The Labute approximate surface area is 184 Å². The minimum Gasteiger partial charge on any atom is -0.479 e. The van der Waals surface area contributed by atoms with Crippen LogP contribution in [0, 0.1) is 0 Å². The molecule has 0 saturated carbocycles. The number of hydrogen-bond acceptors (Lipinski definition) is 4. The number of alkyl halides is 3. The van der Waals surface area contributed by atoms with Gasteiger partial charge in [0.25, 0.3) is 5.91 Å². The Morgan fingerprint density at radius 1 is 1.19 bits per heavy atom. The molecule has 1 heterocycles. The number of hydrogen-bond donors (Lipinski definition) is 2. The first-order chi connectivity index (χ1) is 14.8. The number of carbonyl (C=O) groups is 2. The van der Waals surface area contributed by atoms with Gasteiger partial charge in [-0.25, -0.2) is 4.79 Å². The average Bonchev–Trinajstić information content (AvgIpc) is 2.66. The molecule has 9 heteroatoms. The van der Waals surface area contributed by atoms with Crippen LogP contribution in [0.1, 0.15) is 50.4 Å². The van der Waals surface area contributed by atoms with E-state index < -0.39 is 35.6 Å². The maximum absolute atomic E-state index is 13.1. The molecule has 0 aromatic heterocycles. The van der Waals surface area contributed by atoms with E-state index in [9.17, 15) is 22.8 Å². The van der Waals surface area contributed by atoms with Crippen LogP contribution in [-0.2, 0) is 22.1 Å². The third kappa shape index (κ3) is 5.93. The van der Waals surface area contributed by atoms with Gasteiger partial charge in [-0.05, 0) is 63.4 Å². The van der Waals surface area contributed by atoms with Crippen molar-refractivity contribution in [2.75, 3.05) is 5.32 Å². The quantitative estimate of drug-likeness (QED) is 0.669. The molecule has 172 valence electrons. The van der Waals surface area contributed by atoms with E-state index in [4.69, 9.17) is 9.47 Å². The Morgan fingerprint density at radius 3 is 2.56 bits per heavy atom. The normalized spacial score (nSPS) is 17.0. The highest BCUT2D eigenvalue weighted by Gasteiger charge is 2.31. The lowest BCUT2D eigenvalue weighted by Crippen LogP contribution is -2.36. The molecule has 1 aliphatic heterocycles. The fourth-order valence-corrected chi connectivity index (χ4v) is 3.26. The van der Waals surface area contributed by atoms with Gasteiger partial charge in [-0.1, -0.05) is 24.3 Å². The number of rotatable bonds is 4. The molecule has 2 unspecified atom stereocenters. The number of ether oxygens (including phenoxy) is 2. The molecule has 0 spiro atoms. The summed E-state index contributed by atoms with van der Waals surface area (Å²) in [5.74, 6) is 0.153. The van der Waals surface area contributed by atoms with E-state index in [-0.39, 0.29) is 12.3 Å². The number of alkyl carbamates (subject to hydrolysis) is 1. The molecule has 2 aromatic carbocycles. The molecule has 2 aromatic rings. The topological polar surface area (TPSA) is 76.7 Å². The average molecular weight is 450 g/mol. The summed E-state index contributed by atoms with van der Waals surface area (Å²) in [5.41, 5.74) is -0.145. The van der Waals surface area contributed by atoms with Crippen molar-refractivity contribution in [2.45, 2.75) is 58.0 Å². The molecule has 0 radical (unpaired) electrons. The largest absolute Gasteiger partial charge is 0.479 e. The standard InChI is InChI=1S/C23H25F3N2O4/c1-13-20(29)27-18-12-15(8-9-19(18)31-13)17(28-21(30)32-22(2,3)4)11-14-6-5-7-16(10-14)23(24,25)26/h5-10,12-13,17H,11H2,1-4H3,(H,27,29)(H,28,30). The highest BCUT2D eigenvalue weighted by atomic mass is 19.4. The zero-order valence-corrected chi connectivity index (χ0v) is 18.2. The minimum atomic E-state index is -4.48. The van der Waals surface area contributed by atoms with Crippen molar-refractivity contribution in [1.29, 1.82) is 0 Å². The van der Waals surface area contributed by atoms with E-state index in [1.54, 1.807) is 52.0 Å². The van der Waals surface area contributed by atoms with Gasteiger partial charge in [-0.3, -0.25) is 4.79 Å². The van der Waals surface area contributed by atoms with Gasteiger partial charge < -0.3 is 20.1 Å². The number of carbonyl (C=O) groups excluding carboxylic acids is 2. The van der Waals surface area contributed by atoms with Gasteiger partial charge in [0.05, 0.1) is 17.3 Å². The minimum absolute atomic E-state index is 0.0765. The zero-order chi connectivity index (χ0) is 23.7. The summed E-state index contributed by atoms with van der Waals surface area (Å²) in [5, 5.41) is 5.46. The molecule has 2 atom stereocenters. The van der Waals surface area contributed by atoms with Crippen LogP contribution >= 0.6 is 0 Å². The van der Waals surface area contributed by atoms with Gasteiger partial charge in [0.2, 0.25) is 0 Å². The zero-order valence-electron chi connectivity index (χ0n) is 18.2. The fraction of sp³-hybridized carbons (Fsp3) is 0.391. The van der Waals surface area contributed by atoms with Crippen LogP contribution in [0.5, 0.6) is 5.75 Å². The van der Waals surface area contributed by atoms with Gasteiger partial charge in [0.1, 0.15) is 11.4 Å². The lowest BCUT2D eigenvalue weighted by molar-refractivity contribution is -0.137. The summed E-state index contributed by atoms with van der Waals surface area (Å²) in [6, 6.07) is 9.19. The predicted octanol–water partition coefficient (Wildman–Crippen LogP) is 5.23. The Morgan fingerprint density at radius 2 is 1.91 bits per heavy atom. The van der Waals surface area contributed by atoms with Crippen molar-refractivity contribution in [3.63, 3.8) is 0 Å². The van der Waals surface area contributed by atoms with Gasteiger partial charge in [-0.2, -0.15) is 13.2 Å². The summed E-state index contributed by atoms with van der Waals surface area (Å²) >= 11 is 0. The van der Waals surface area contributed by atoms with Crippen LogP contribution in [0.25, 0.3) is 0 Å². The van der Waals surface area contributed by atoms with Crippen LogP contribution < -0.4 is 15.4 Å². The summed E-state index contributed by atoms with van der Waals surface area (Å²) in [7, 11) is 0. The molecule has 0 bridgehead atoms. The number of amides is 2. The SMILES string of the molecule is CC1Oc2ccc(C(Cc3cccc(C(F)(F)F)c3)NC(=O)OC(C)(C)C)cc2NC1=O. The number of anilines is 1. The van der Waals surface area contributed by atoms with Crippen molar-refractivity contribution >= 4 is 17.7 Å². The van der Waals surface area contributed by atoms with E-state index in [1.165, 1.54) is 6.07 Å². The first-order valence-corrected chi connectivity index (χ1v) is 10.1. The predicted molar refractivity (Wildman–Crippen MR) is 112 cm³/mol. The second-order valence-electron chi connectivity index (χ2n) is 8.61. The van der Waals surface area contributed by atoms with Gasteiger partial charge in [0.15, 0.2) is 6.10 Å². The third-order valence-electron chi connectivity index (χ3n) is 4.72. The molecule has 2 N–H and O–H groups in total. The summed E-state index contributed by atoms with van der Waals surface area (Å²) < 4.78 is 50.3. The van der Waals surface area contributed by atoms with Crippen LogP contribution in [0.2, 0.25) is 0 Å². The highest BCUT2D eigenvalue weighted by Crippen LogP contribution is 2.34. The molecule has 3 rings (SSSR count). The molecular weight excluding hydrogens is 425 g/mol. The van der Waals surface area contributed by atoms with E-state index in [0.717, 1.165) is 12.1 Å². The summed E-state index contributed by atoms with van der Waals surface area (Å²) in [6.45, 7) is 6.75. The third-order valence-corrected chi connectivity index (χ3v) is 4.72. The second kappa shape index (κ2) is 8.72. The van der Waals surface area contributed by atoms with Crippen LogP contribution in [0.4, 0.5) is 23.7 Å². The Bertz CT molecular complexity index is 1020. The van der Waals surface area contributed by atoms with Gasteiger partial charge >= 0.3 is 12.3 Å². The molecule has 0 saturated heterocycles. The van der Waals surface area contributed by atoms with Crippen molar-refractivity contribution < 1.29 is 32.2 Å². The molecule has 0 fully saturated rings. The number of fused-ring (bicyclic) bond motifs is 1. The Hall–Kier alpha value is -3.23. The summed E-state index contributed by atoms with van der Waals surface area (Å²) in [4.78, 5) is 24.4. The molecule has 0 aliphatic carbocycles. The van der Waals surface area contributed by atoms with Crippen molar-refractivity contribution in [3.8, 4) is 5.75 Å². The number of halogens is 3. The lowest BCUT2D eigenvalue weighted by Gasteiger charge is -2.27. The van der Waals surface area contributed by atoms with E-state index in [0.29, 0.717) is 22.6 Å². The van der Waals surface area contributed by atoms with E-state index in [2.05, 4.69) is 10.6 Å². The summed E-state index contributed by atoms with van der Waals surface area (Å²) in [6.07, 6.45) is -5.75. The monoisotopic (exact) mass is 450 g/mol. The second-order valence-corrected chi connectivity index (χ2v) is 8.61. The van der Waals surface area contributed by atoms with Crippen LogP contribution in [0.15, 0.2) is 42.5 Å². The fourth-order valence-electron chi connectivity index (χ4n) is 3.26. The Balaban J connectivity index is 1.92. The molecule has 32 heavy (non-hydrogen) atoms. The van der Waals surface area contributed by atoms with E-state index >= 15 is 0 Å². The molecule has 2 amide bonds. The number of nitrogens with one attached hydrogen (secondary N) is 2. The Kier molecular flexibility index (Phi) is 6.39. The van der Waals surface area contributed by atoms with Crippen molar-refractivity contribution in [3.05, 3.63) is 59.2 Å². The molecule has 1 aliphatic rings. The van der Waals surface area contributed by atoms with Crippen LogP contribution in [-0.4, -0.2) is 23.7 Å². The number of benzene rings is 2. The van der Waals surface area contributed by atoms with Crippen LogP contribution in [0.3, 0.4) is 0 Å². The van der Waals surface area contributed by atoms with Gasteiger partial charge in [-0.15, -0.1) is 0 Å². The lowest BCUT2D eigenvalue weighted by atomic mass is 9.96. The highest BCUT2D eigenvalue weighted by molar-refractivity contribution is 5.97. The van der Waals surface area contributed by atoms with Crippen molar-refractivity contribution in [2.24, 2.45) is 0 Å². The van der Waals surface area contributed by atoms with Gasteiger partial charge in [0, 0.05) is 0 Å². The maximum atomic E-state index is 13.1. The molecular formula is C23H25F3N2O4.